The van der Waals surface area contributed by atoms with Crippen molar-refractivity contribution in [2.75, 3.05) is 16.5 Å². The van der Waals surface area contributed by atoms with E-state index in [0.717, 1.165) is 83.0 Å². The minimum absolute atomic E-state index is 0.231. The van der Waals surface area contributed by atoms with E-state index in [4.69, 9.17) is 17.9 Å². The van der Waals surface area contributed by atoms with Gasteiger partial charge in [-0.2, -0.15) is 0 Å². The van der Waals surface area contributed by atoms with E-state index in [9.17, 15) is 0 Å². The van der Waals surface area contributed by atoms with Crippen LogP contribution in [0.2, 0.25) is 0 Å². The number of rotatable bonds is 6. The number of hydrogen-bond donors (Lipinski definition) is 0. The zero-order chi connectivity index (χ0) is 51.2. The van der Waals surface area contributed by atoms with E-state index in [2.05, 4.69) is 116 Å². The van der Waals surface area contributed by atoms with Gasteiger partial charge in [-0.1, -0.05) is 109 Å². The van der Waals surface area contributed by atoms with Crippen LogP contribution in [-0.2, 0) is 14.0 Å². The summed E-state index contributed by atoms with van der Waals surface area (Å²) < 4.78 is 68.1. The summed E-state index contributed by atoms with van der Waals surface area (Å²) in [7, 11) is 0. The number of anilines is 4. The van der Waals surface area contributed by atoms with Crippen molar-refractivity contribution in [1.29, 1.82) is 0 Å². The SMILES string of the molecule is [2H]C([2H])([2H])n1c2ccccc2c2cc3c4ccccc4n(C([2H])([2H])[2H])c3c(N3CN(c4cccc(Oc5ccc6c7ccccc7n(-c7cc(-n8c9ccccc9c9ccccc98)ccn7)c6c5)c4)c4ccccc43)c21. The van der Waals surface area contributed by atoms with E-state index < -0.39 is 14.0 Å². The quantitative estimate of drug-likeness (QED) is 0.167. The van der Waals surface area contributed by atoms with Crippen LogP contribution in [-0.4, -0.2) is 29.9 Å². The highest BCUT2D eigenvalue weighted by atomic mass is 16.5. The highest BCUT2D eigenvalue weighted by Gasteiger charge is 2.33. The Labute approximate surface area is 410 Å². The average Bonchev–Trinajstić information content (AvgIpc) is 4.43. The van der Waals surface area contributed by atoms with E-state index in [1.165, 1.54) is 19.9 Å². The number of nitrogens with zero attached hydrogens (tertiary/aromatic N) is 7. The maximum absolute atomic E-state index is 8.99. The van der Waals surface area contributed by atoms with E-state index in [1.54, 1.807) is 0 Å². The van der Waals surface area contributed by atoms with Crippen LogP contribution in [0.25, 0.3) is 98.7 Å². The van der Waals surface area contributed by atoms with Gasteiger partial charge in [0.25, 0.3) is 0 Å². The fourth-order valence-corrected chi connectivity index (χ4v) is 11.4. The van der Waals surface area contributed by atoms with Crippen LogP contribution in [0, 0.1) is 0 Å². The summed E-state index contributed by atoms with van der Waals surface area (Å²) >= 11 is 0. The fraction of sp³-hybridized carbons (Fsp3) is 0.0484. The lowest BCUT2D eigenvalue weighted by molar-refractivity contribution is 0.483. The summed E-state index contributed by atoms with van der Waals surface area (Å²) in [5.41, 5.74) is 10.1. The first-order valence-electron chi connectivity index (χ1n) is 26.4. The van der Waals surface area contributed by atoms with Gasteiger partial charge in [0.2, 0.25) is 0 Å². The Bertz CT molecular complexity index is 4570. The Hall–Kier alpha value is -9.27. The molecule has 332 valence electrons. The monoisotopic (exact) mass is 907 g/mol. The van der Waals surface area contributed by atoms with Gasteiger partial charge < -0.3 is 28.2 Å². The molecule has 0 atom stereocenters. The summed E-state index contributed by atoms with van der Waals surface area (Å²) in [5, 5.41) is 7.50. The van der Waals surface area contributed by atoms with Crippen LogP contribution in [0.15, 0.2) is 212 Å². The average molecular weight is 908 g/mol. The van der Waals surface area contributed by atoms with Crippen molar-refractivity contribution >= 4 is 110 Å². The Balaban J connectivity index is 0.855. The second-order valence-corrected chi connectivity index (χ2v) is 18.1. The van der Waals surface area contributed by atoms with Crippen LogP contribution < -0.4 is 14.5 Å². The van der Waals surface area contributed by atoms with Crippen molar-refractivity contribution in [3.05, 3.63) is 212 Å². The number of para-hydroxylation sites is 7. The van der Waals surface area contributed by atoms with Crippen LogP contribution >= 0.6 is 0 Å². The van der Waals surface area contributed by atoms with Crippen LogP contribution in [0.3, 0.4) is 0 Å². The van der Waals surface area contributed by atoms with Crippen molar-refractivity contribution in [2.45, 2.75) is 0 Å². The molecule has 0 unspecified atom stereocenters. The van der Waals surface area contributed by atoms with Crippen LogP contribution in [0.4, 0.5) is 22.7 Å². The third kappa shape index (κ3) is 5.44. The summed E-state index contributed by atoms with van der Waals surface area (Å²) in [6, 6.07) is 68.7. The molecule has 0 saturated carbocycles. The summed E-state index contributed by atoms with van der Waals surface area (Å²) in [6.45, 7) is -5.00. The van der Waals surface area contributed by atoms with Gasteiger partial charge in [-0.05, 0) is 78.9 Å². The smallest absolute Gasteiger partial charge is 0.139 e. The number of benzene rings is 9. The molecule has 0 spiro atoms. The molecule has 1 aliphatic rings. The molecule has 15 rings (SSSR count). The van der Waals surface area contributed by atoms with E-state index in [-0.39, 0.29) is 6.67 Å². The molecule has 9 aromatic carbocycles. The molecule has 5 aromatic heterocycles. The second kappa shape index (κ2) is 14.6. The summed E-state index contributed by atoms with van der Waals surface area (Å²) in [5.74, 6) is 2.02. The lowest BCUT2D eigenvalue weighted by atomic mass is 10.1. The first-order valence-corrected chi connectivity index (χ1v) is 23.4. The third-order valence-corrected chi connectivity index (χ3v) is 14.4. The molecule has 0 saturated heterocycles. The molecule has 0 bridgehead atoms. The van der Waals surface area contributed by atoms with Gasteiger partial charge in [-0.15, -0.1) is 0 Å². The highest BCUT2D eigenvalue weighted by molar-refractivity contribution is 6.25. The van der Waals surface area contributed by atoms with E-state index >= 15 is 0 Å². The molecule has 0 fully saturated rings. The lowest BCUT2D eigenvalue weighted by Crippen LogP contribution is -2.25. The Morgan fingerprint density at radius 3 is 1.53 bits per heavy atom. The molecule has 1 aliphatic heterocycles. The first-order chi connectivity index (χ1) is 37.0. The molecule has 0 aliphatic carbocycles. The van der Waals surface area contributed by atoms with Gasteiger partial charge in [-0.25, -0.2) is 4.98 Å². The Morgan fingerprint density at radius 2 is 0.914 bits per heavy atom. The number of hydrogen-bond acceptors (Lipinski definition) is 4. The molecule has 8 heteroatoms. The van der Waals surface area contributed by atoms with Crippen LogP contribution in [0.5, 0.6) is 11.5 Å². The predicted molar refractivity (Wildman–Crippen MR) is 289 cm³/mol. The molecule has 6 heterocycles. The number of pyridine rings is 1. The molecular weight excluding hydrogens is 859 g/mol. The number of fused-ring (bicyclic) bond motifs is 13. The first kappa shape index (κ1) is 33.2. The molecule has 70 heavy (non-hydrogen) atoms. The summed E-state index contributed by atoms with van der Waals surface area (Å²) in [6.07, 6.45) is 1.88. The number of ether oxygens (including phenoxy) is 1. The van der Waals surface area contributed by atoms with Crippen molar-refractivity contribution in [1.82, 2.24) is 23.3 Å². The zero-order valence-electron chi connectivity index (χ0n) is 43.5. The fourth-order valence-electron chi connectivity index (χ4n) is 11.4. The largest absolute Gasteiger partial charge is 0.457 e. The number of aromatic nitrogens is 5. The van der Waals surface area contributed by atoms with Gasteiger partial charge in [0.05, 0.1) is 55.8 Å². The van der Waals surface area contributed by atoms with Gasteiger partial charge >= 0.3 is 0 Å². The van der Waals surface area contributed by atoms with Gasteiger partial charge in [-0.3, -0.25) is 4.57 Å². The van der Waals surface area contributed by atoms with Crippen molar-refractivity contribution in [2.24, 2.45) is 14.0 Å². The Morgan fingerprint density at radius 1 is 0.400 bits per heavy atom. The lowest BCUT2D eigenvalue weighted by Gasteiger charge is -2.25. The van der Waals surface area contributed by atoms with Crippen LogP contribution in [0.1, 0.15) is 8.22 Å². The summed E-state index contributed by atoms with van der Waals surface area (Å²) in [4.78, 5) is 9.23. The number of aryl methyl sites for hydroxylation is 2. The normalized spacial score (nSPS) is 14.5. The maximum atomic E-state index is 8.99. The van der Waals surface area contributed by atoms with Crippen molar-refractivity contribution in [3.8, 4) is 23.0 Å². The van der Waals surface area contributed by atoms with E-state index in [0.29, 0.717) is 39.3 Å². The molecule has 0 N–H and O–H groups in total. The minimum atomic E-state index is -2.61. The van der Waals surface area contributed by atoms with Gasteiger partial charge in [0.15, 0.2) is 0 Å². The molecular formula is C62H43N7O. The molecule has 14 aromatic rings. The molecule has 8 nitrogen and oxygen atoms in total. The maximum Gasteiger partial charge on any atom is 0.139 e. The predicted octanol–water partition coefficient (Wildman–Crippen LogP) is 15.6. The van der Waals surface area contributed by atoms with Crippen molar-refractivity contribution < 1.29 is 13.0 Å². The van der Waals surface area contributed by atoms with Gasteiger partial charge in [0.1, 0.15) is 24.0 Å². The van der Waals surface area contributed by atoms with E-state index in [1.807, 2.05) is 115 Å². The third-order valence-electron chi connectivity index (χ3n) is 14.4. The Kier molecular flexibility index (Phi) is 6.94. The molecule has 0 amide bonds. The van der Waals surface area contributed by atoms with Crippen molar-refractivity contribution in [3.63, 3.8) is 0 Å². The minimum Gasteiger partial charge on any atom is -0.457 e. The van der Waals surface area contributed by atoms with Gasteiger partial charge in [0, 0.05) is 106 Å². The topological polar surface area (TPSA) is 48.3 Å². The highest BCUT2D eigenvalue weighted by Crippen LogP contribution is 2.51. The standard InChI is InChI=1S/C62H43N7O/c1-64-51-23-8-3-21-46(51)49-37-50-47-22-4-9-24-52(47)65(2)61(50)62(60(49)64)67-38-66(56-28-13-14-29-57(56)67)39-16-15-17-41(34-39)70-42-30-31-48-45-20-7-12-27-55(45)69(58(48)36-42)59-35-40(32-33-63-59)68-53-25-10-5-18-43(53)44-19-6-11-26-54(44)68/h3-37H,38H2,1-2H3/i1D3,2D3. The molecule has 0 radical (unpaired) electrons. The second-order valence-electron chi connectivity index (χ2n) is 18.1. The zero-order valence-corrected chi connectivity index (χ0v) is 37.5.